The average molecular weight is 376 g/mol. The van der Waals surface area contributed by atoms with E-state index in [9.17, 15) is 4.79 Å². The van der Waals surface area contributed by atoms with Crippen molar-refractivity contribution in [3.8, 4) is 6.01 Å². The molecule has 146 valence electrons. The van der Waals surface area contributed by atoms with Crippen molar-refractivity contribution in [3.05, 3.63) is 58.0 Å². The Morgan fingerprint density at radius 2 is 2.11 bits per heavy atom. The molecular formula is C19H24N2O6. The maximum Gasteiger partial charge on any atom is 0.296 e. The molecule has 1 N–H and O–H groups in total. The van der Waals surface area contributed by atoms with Gasteiger partial charge in [0.25, 0.3) is 11.6 Å². The van der Waals surface area contributed by atoms with Gasteiger partial charge in [-0.1, -0.05) is 30.3 Å². The molecule has 27 heavy (non-hydrogen) atoms. The van der Waals surface area contributed by atoms with Gasteiger partial charge >= 0.3 is 0 Å². The molecule has 1 aromatic heterocycles. The van der Waals surface area contributed by atoms with E-state index in [-0.39, 0.29) is 37.2 Å². The van der Waals surface area contributed by atoms with Crippen molar-refractivity contribution in [2.75, 3.05) is 20.5 Å². The fourth-order valence-electron chi connectivity index (χ4n) is 2.71. The lowest BCUT2D eigenvalue weighted by atomic mass is 10.2. The Kier molecular flexibility index (Phi) is 6.94. The van der Waals surface area contributed by atoms with Gasteiger partial charge in [0, 0.05) is 25.3 Å². The van der Waals surface area contributed by atoms with Crippen LogP contribution in [0.3, 0.4) is 0 Å². The molecule has 8 nitrogen and oxygen atoms in total. The second kappa shape index (κ2) is 9.61. The van der Waals surface area contributed by atoms with Crippen molar-refractivity contribution >= 4 is 0 Å². The van der Waals surface area contributed by atoms with Gasteiger partial charge in [-0.25, -0.2) is 4.98 Å². The fourth-order valence-corrected chi connectivity index (χ4v) is 2.71. The van der Waals surface area contributed by atoms with Gasteiger partial charge in [-0.2, -0.15) is 0 Å². The van der Waals surface area contributed by atoms with E-state index in [1.807, 2.05) is 30.3 Å². The highest BCUT2D eigenvalue weighted by Gasteiger charge is 2.38. The van der Waals surface area contributed by atoms with E-state index in [2.05, 4.69) is 9.97 Å². The third-order valence-corrected chi connectivity index (χ3v) is 4.15. The number of nitrogens with one attached hydrogen (secondary N) is 1. The largest absolute Gasteiger partial charge is 0.458 e. The molecule has 1 aliphatic rings. The summed E-state index contributed by atoms with van der Waals surface area (Å²) in [6.07, 6.45) is 0.791. The number of aromatic nitrogens is 2. The molecule has 3 rings (SSSR count). The summed E-state index contributed by atoms with van der Waals surface area (Å²) in [5, 5.41) is 0. The Bertz CT molecular complexity index is 766. The normalized spacial score (nSPS) is 22.1. The zero-order valence-electron chi connectivity index (χ0n) is 15.4. The Balaban J connectivity index is 1.61. The van der Waals surface area contributed by atoms with Crippen LogP contribution < -0.4 is 10.3 Å². The SMILES string of the molecule is COCOC[C@H]1OC(OCc2ccccc2)C[C@H]1Oc1ncc(C)c(=O)[nH]1. The predicted octanol–water partition coefficient (Wildman–Crippen LogP) is 1.78. The molecule has 0 saturated carbocycles. The highest BCUT2D eigenvalue weighted by Crippen LogP contribution is 2.26. The lowest BCUT2D eigenvalue weighted by Gasteiger charge is -2.18. The van der Waals surface area contributed by atoms with Crippen LogP contribution in [-0.2, 0) is 25.6 Å². The molecule has 1 fully saturated rings. The summed E-state index contributed by atoms with van der Waals surface area (Å²) < 4.78 is 27.9. The first-order valence-electron chi connectivity index (χ1n) is 8.76. The topological polar surface area (TPSA) is 91.9 Å². The molecule has 0 radical (unpaired) electrons. The molecule has 8 heteroatoms. The second-order valence-corrected chi connectivity index (χ2v) is 6.27. The molecule has 0 bridgehead atoms. The number of hydrogen-bond acceptors (Lipinski definition) is 7. The molecule has 1 saturated heterocycles. The van der Waals surface area contributed by atoms with E-state index < -0.39 is 6.29 Å². The predicted molar refractivity (Wildman–Crippen MR) is 96.3 cm³/mol. The highest BCUT2D eigenvalue weighted by atomic mass is 16.7. The van der Waals surface area contributed by atoms with E-state index in [4.69, 9.17) is 23.7 Å². The fraction of sp³-hybridized carbons (Fsp3) is 0.474. The summed E-state index contributed by atoms with van der Waals surface area (Å²) in [5.41, 5.74) is 1.35. The van der Waals surface area contributed by atoms with Crippen LogP contribution in [0.5, 0.6) is 6.01 Å². The summed E-state index contributed by atoms with van der Waals surface area (Å²) >= 11 is 0. The Hall–Kier alpha value is -2.26. The van der Waals surface area contributed by atoms with Gasteiger partial charge in [0.2, 0.25) is 0 Å². The van der Waals surface area contributed by atoms with E-state index >= 15 is 0 Å². The quantitative estimate of drug-likeness (QED) is 0.527. The number of benzene rings is 1. The van der Waals surface area contributed by atoms with Gasteiger partial charge in [-0.15, -0.1) is 0 Å². The van der Waals surface area contributed by atoms with Crippen LogP contribution in [0.15, 0.2) is 41.3 Å². The third kappa shape index (κ3) is 5.61. The summed E-state index contributed by atoms with van der Waals surface area (Å²) in [5.74, 6) is 0. The molecule has 2 heterocycles. The van der Waals surface area contributed by atoms with Crippen LogP contribution >= 0.6 is 0 Å². The van der Waals surface area contributed by atoms with Crippen LogP contribution in [-0.4, -0.2) is 49.0 Å². The molecule has 1 aliphatic heterocycles. The first-order chi connectivity index (χ1) is 13.2. The van der Waals surface area contributed by atoms with Crippen molar-refractivity contribution in [2.45, 2.75) is 38.4 Å². The molecule has 3 atom stereocenters. The van der Waals surface area contributed by atoms with Gasteiger partial charge in [0.1, 0.15) is 19.0 Å². The van der Waals surface area contributed by atoms with Crippen LogP contribution in [0.1, 0.15) is 17.5 Å². The van der Waals surface area contributed by atoms with E-state index in [0.717, 1.165) is 5.56 Å². The number of aromatic amines is 1. The average Bonchev–Trinajstić information content (AvgIpc) is 3.06. The van der Waals surface area contributed by atoms with Crippen LogP contribution in [0.2, 0.25) is 0 Å². The smallest absolute Gasteiger partial charge is 0.296 e. The number of hydrogen-bond donors (Lipinski definition) is 1. The van der Waals surface area contributed by atoms with Crippen LogP contribution in [0, 0.1) is 6.92 Å². The van der Waals surface area contributed by atoms with Crippen molar-refractivity contribution in [1.29, 1.82) is 0 Å². The van der Waals surface area contributed by atoms with Crippen LogP contribution in [0.4, 0.5) is 0 Å². The summed E-state index contributed by atoms with van der Waals surface area (Å²) in [4.78, 5) is 18.5. The number of rotatable bonds is 9. The standard InChI is InChI=1S/C19H24N2O6/c1-13-9-20-19(21-18(13)22)27-15-8-17(26-16(15)11-24-12-23-2)25-10-14-6-4-3-5-7-14/h3-7,9,15-17H,8,10-12H2,1-2H3,(H,20,21,22)/t15-,16-,17?/m1/s1. The Morgan fingerprint density at radius 3 is 2.85 bits per heavy atom. The minimum absolute atomic E-state index is 0.152. The van der Waals surface area contributed by atoms with Gasteiger partial charge in [0.05, 0.1) is 13.2 Å². The maximum absolute atomic E-state index is 11.8. The van der Waals surface area contributed by atoms with Gasteiger partial charge in [-0.3, -0.25) is 9.78 Å². The third-order valence-electron chi connectivity index (χ3n) is 4.15. The number of nitrogens with zero attached hydrogens (tertiary/aromatic N) is 1. The van der Waals surface area contributed by atoms with E-state index in [1.54, 1.807) is 14.0 Å². The zero-order valence-corrected chi connectivity index (χ0v) is 15.4. The lowest BCUT2D eigenvalue weighted by Crippen LogP contribution is -2.32. The zero-order chi connectivity index (χ0) is 19.1. The van der Waals surface area contributed by atoms with Crippen molar-refractivity contribution in [2.24, 2.45) is 0 Å². The van der Waals surface area contributed by atoms with E-state index in [1.165, 1.54) is 6.20 Å². The minimum atomic E-state index is -0.441. The number of ether oxygens (including phenoxy) is 5. The van der Waals surface area contributed by atoms with E-state index in [0.29, 0.717) is 18.6 Å². The molecular weight excluding hydrogens is 352 g/mol. The van der Waals surface area contributed by atoms with Crippen molar-refractivity contribution < 1.29 is 23.7 Å². The highest BCUT2D eigenvalue weighted by molar-refractivity contribution is 5.13. The first-order valence-corrected chi connectivity index (χ1v) is 8.76. The van der Waals surface area contributed by atoms with Gasteiger partial charge < -0.3 is 23.7 Å². The number of H-pyrrole nitrogens is 1. The molecule has 1 unspecified atom stereocenters. The minimum Gasteiger partial charge on any atom is -0.458 e. The lowest BCUT2D eigenvalue weighted by molar-refractivity contribution is -0.161. The van der Waals surface area contributed by atoms with Crippen LogP contribution in [0.25, 0.3) is 0 Å². The Labute approximate surface area is 157 Å². The molecule has 0 aliphatic carbocycles. The van der Waals surface area contributed by atoms with Crippen molar-refractivity contribution in [3.63, 3.8) is 0 Å². The maximum atomic E-state index is 11.8. The molecule has 2 aromatic rings. The first kappa shape index (κ1) is 19.5. The number of methoxy groups -OCH3 is 1. The second-order valence-electron chi connectivity index (χ2n) is 6.27. The van der Waals surface area contributed by atoms with Gasteiger partial charge in [-0.05, 0) is 12.5 Å². The van der Waals surface area contributed by atoms with Gasteiger partial charge in [0.15, 0.2) is 6.29 Å². The number of aryl methyl sites for hydroxylation is 1. The summed E-state index contributed by atoms with van der Waals surface area (Å²) in [7, 11) is 1.55. The summed E-state index contributed by atoms with van der Waals surface area (Å²) in [6.45, 7) is 2.55. The molecule has 1 aromatic carbocycles. The Morgan fingerprint density at radius 1 is 1.30 bits per heavy atom. The molecule has 0 amide bonds. The van der Waals surface area contributed by atoms with Crippen molar-refractivity contribution in [1.82, 2.24) is 9.97 Å². The molecule has 0 spiro atoms. The monoisotopic (exact) mass is 376 g/mol. The summed E-state index contributed by atoms with van der Waals surface area (Å²) in [6, 6.07) is 10.0.